The van der Waals surface area contributed by atoms with E-state index in [1.165, 1.54) is 39.8 Å². The maximum absolute atomic E-state index is 13.2. The Labute approximate surface area is 225 Å². The number of para-hydroxylation sites is 1. The van der Waals surface area contributed by atoms with Crippen molar-refractivity contribution in [1.29, 1.82) is 0 Å². The third-order valence-corrected chi connectivity index (χ3v) is 9.84. The molecule has 7 nitrogen and oxygen atoms in total. The van der Waals surface area contributed by atoms with Crippen LogP contribution in [0.5, 0.6) is 0 Å². The van der Waals surface area contributed by atoms with E-state index in [2.05, 4.69) is 40.1 Å². The number of thiophene rings is 1. The molecule has 4 heterocycles. The summed E-state index contributed by atoms with van der Waals surface area (Å²) in [5.41, 5.74) is 2.19. The normalized spacial score (nSPS) is 17.1. The second-order valence-electron chi connectivity index (χ2n) is 10.1. The number of hydrogen-bond donors (Lipinski definition) is 1. The molecule has 0 radical (unpaired) electrons. The fourth-order valence-electron chi connectivity index (χ4n) is 5.54. The molecule has 0 amide bonds. The number of anilines is 1. The van der Waals surface area contributed by atoms with Gasteiger partial charge in [-0.2, -0.15) is 0 Å². The second-order valence-corrected chi connectivity index (χ2v) is 12.2. The van der Waals surface area contributed by atoms with Crippen molar-refractivity contribution in [2.75, 3.05) is 49.2 Å². The van der Waals surface area contributed by atoms with Crippen molar-refractivity contribution in [3.63, 3.8) is 0 Å². The first-order valence-corrected chi connectivity index (χ1v) is 15.3. The first kappa shape index (κ1) is 24.7. The zero-order chi connectivity index (χ0) is 25.2. The van der Waals surface area contributed by atoms with Gasteiger partial charge in [0.15, 0.2) is 5.16 Å². The summed E-state index contributed by atoms with van der Waals surface area (Å²) in [6.07, 6.45) is 7.93. The fraction of sp³-hybridized carbons (Fsp3) is 0.464. The second kappa shape index (κ2) is 11.0. The van der Waals surface area contributed by atoms with Gasteiger partial charge in [0.05, 0.1) is 10.9 Å². The molecule has 194 valence electrons. The number of benzene rings is 1. The van der Waals surface area contributed by atoms with Crippen molar-refractivity contribution in [3.8, 4) is 0 Å². The highest BCUT2D eigenvalue weighted by Gasteiger charge is 2.21. The zero-order valence-corrected chi connectivity index (χ0v) is 22.8. The quantitative estimate of drug-likeness (QED) is 0.166. The summed E-state index contributed by atoms with van der Waals surface area (Å²) in [6, 6.07) is 12.6. The number of thioether (sulfide) groups is 1. The van der Waals surface area contributed by atoms with Gasteiger partial charge in [0, 0.05) is 42.2 Å². The van der Waals surface area contributed by atoms with E-state index < -0.39 is 0 Å². The Kier molecular flexibility index (Phi) is 7.35. The maximum Gasteiger partial charge on any atom is 0.281 e. The highest BCUT2D eigenvalue weighted by molar-refractivity contribution is 7.99. The number of nitrogen functional groups attached to an aromatic ring is 1. The topological polar surface area (TPSA) is 80.3 Å². The summed E-state index contributed by atoms with van der Waals surface area (Å²) in [5.74, 6) is 8.21. The Bertz CT molecular complexity index is 1460. The van der Waals surface area contributed by atoms with Gasteiger partial charge in [-0.15, -0.1) is 11.3 Å². The van der Waals surface area contributed by atoms with Gasteiger partial charge in [-0.05, 0) is 62.4 Å². The fourth-order valence-corrected chi connectivity index (χ4v) is 7.68. The van der Waals surface area contributed by atoms with E-state index in [0.29, 0.717) is 5.16 Å². The Morgan fingerprint density at radius 1 is 0.946 bits per heavy atom. The van der Waals surface area contributed by atoms with Gasteiger partial charge in [0.2, 0.25) is 0 Å². The van der Waals surface area contributed by atoms with Crippen LogP contribution in [0, 0.1) is 0 Å². The molecular formula is C28H34N6OS2. The average molecular weight is 535 g/mol. The number of nitrogens with zero attached hydrogens (tertiary/aromatic N) is 5. The molecule has 37 heavy (non-hydrogen) atoms. The first-order valence-electron chi connectivity index (χ1n) is 13.5. The molecule has 6 rings (SSSR count). The number of nitrogens with two attached hydrogens (primary N) is 1. The maximum atomic E-state index is 13.2. The van der Waals surface area contributed by atoms with Gasteiger partial charge < -0.3 is 10.7 Å². The number of fused-ring (bicyclic) bond motifs is 4. The van der Waals surface area contributed by atoms with Crippen molar-refractivity contribution < 1.29 is 0 Å². The van der Waals surface area contributed by atoms with Crippen LogP contribution in [0.3, 0.4) is 0 Å². The van der Waals surface area contributed by atoms with Crippen molar-refractivity contribution in [2.45, 2.75) is 50.1 Å². The van der Waals surface area contributed by atoms with Gasteiger partial charge in [-0.1, -0.05) is 42.8 Å². The van der Waals surface area contributed by atoms with Crippen LogP contribution in [0.15, 0.2) is 46.3 Å². The molecule has 4 aromatic rings. The van der Waals surface area contributed by atoms with E-state index in [-0.39, 0.29) is 5.56 Å². The van der Waals surface area contributed by atoms with Crippen molar-refractivity contribution in [1.82, 2.24) is 19.5 Å². The number of hydrogen-bond acceptors (Lipinski definition) is 8. The average Bonchev–Trinajstić information content (AvgIpc) is 3.25. The predicted molar refractivity (Wildman–Crippen MR) is 156 cm³/mol. The van der Waals surface area contributed by atoms with Gasteiger partial charge in [0.25, 0.3) is 5.56 Å². The van der Waals surface area contributed by atoms with Crippen LogP contribution < -0.4 is 16.3 Å². The molecule has 9 heteroatoms. The van der Waals surface area contributed by atoms with E-state index >= 15 is 0 Å². The standard InChI is InChI=1S/C28H34N6OS2/c29-34-27(35)25-21-9-3-1-2-4-11-23(21)37-26(25)31-28(34)36-19-7-14-32-15-17-33(18-16-32)24-13-12-20-8-5-6-10-22(20)30-24/h5-6,8,10,12-13H,1-4,7,9,11,14-19,29H2. The summed E-state index contributed by atoms with van der Waals surface area (Å²) in [7, 11) is 0. The molecule has 3 aromatic heterocycles. The largest absolute Gasteiger partial charge is 0.354 e. The summed E-state index contributed by atoms with van der Waals surface area (Å²) in [4.78, 5) is 30.0. The Hall–Kier alpha value is -2.62. The van der Waals surface area contributed by atoms with Gasteiger partial charge in [-0.3, -0.25) is 9.69 Å². The molecule has 1 saturated heterocycles. The predicted octanol–water partition coefficient (Wildman–Crippen LogP) is 4.68. The van der Waals surface area contributed by atoms with E-state index in [0.717, 1.165) is 85.7 Å². The van der Waals surface area contributed by atoms with E-state index in [4.69, 9.17) is 15.8 Å². The van der Waals surface area contributed by atoms with Crippen molar-refractivity contribution in [3.05, 3.63) is 57.2 Å². The third kappa shape index (κ3) is 5.22. The Morgan fingerprint density at radius 2 is 1.76 bits per heavy atom. The number of aryl methyl sites for hydroxylation is 2. The summed E-state index contributed by atoms with van der Waals surface area (Å²) in [6.45, 7) is 5.08. The first-order chi connectivity index (χ1) is 18.2. The van der Waals surface area contributed by atoms with E-state index in [9.17, 15) is 4.79 Å². The minimum absolute atomic E-state index is 0.0796. The molecular weight excluding hydrogens is 500 g/mol. The van der Waals surface area contributed by atoms with Gasteiger partial charge in [-0.25, -0.2) is 14.6 Å². The van der Waals surface area contributed by atoms with E-state index in [1.54, 1.807) is 23.1 Å². The van der Waals surface area contributed by atoms with Gasteiger partial charge in [0.1, 0.15) is 10.6 Å². The number of aromatic nitrogens is 3. The minimum Gasteiger partial charge on any atom is -0.354 e. The van der Waals surface area contributed by atoms with E-state index in [1.807, 2.05) is 6.07 Å². The van der Waals surface area contributed by atoms with Crippen LogP contribution >= 0.6 is 23.1 Å². The number of rotatable bonds is 6. The van der Waals surface area contributed by atoms with Crippen LogP contribution in [0.25, 0.3) is 21.1 Å². The molecule has 0 spiro atoms. The number of pyridine rings is 1. The van der Waals surface area contributed by atoms with Crippen LogP contribution in [0.4, 0.5) is 5.82 Å². The third-order valence-electron chi connectivity index (χ3n) is 7.62. The lowest BCUT2D eigenvalue weighted by molar-refractivity contribution is 0.258. The molecule has 0 unspecified atom stereocenters. The monoisotopic (exact) mass is 534 g/mol. The Morgan fingerprint density at radius 3 is 2.62 bits per heavy atom. The number of piperazine rings is 1. The SMILES string of the molecule is Nn1c(SCCCN2CCN(c3ccc4ccccc4n3)CC2)nc2sc3c(c2c1=O)CCCCCC3. The van der Waals surface area contributed by atoms with Crippen LogP contribution in [-0.4, -0.2) is 58.0 Å². The molecule has 1 aliphatic carbocycles. The molecule has 2 aliphatic rings. The lowest BCUT2D eigenvalue weighted by Crippen LogP contribution is -2.47. The lowest BCUT2D eigenvalue weighted by atomic mass is 9.98. The van der Waals surface area contributed by atoms with Crippen LogP contribution in [0.1, 0.15) is 42.5 Å². The molecule has 2 N–H and O–H groups in total. The summed E-state index contributed by atoms with van der Waals surface area (Å²) < 4.78 is 1.29. The van der Waals surface area contributed by atoms with Crippen molar-refractivity contribution in [2.24, 2.45) is 0 Å². The smallest absolute Gasteiger partial charge is 0.281 e. The summed E-state index contributed by atoms with van der Waals surface area (Å²) in [5, 5.41) is 2.59. The highest BCUT2D eigenvalue weighted by Crippen LogP contribution is 2.33. The molecule has 0 saturated carbocycles. The molecule has 0 bridgehead atoms. The lowest BCUT2D eigenvalue weighted by Gasteiger charge is -2.35. The van der Waals surface area contributed by atoms with Crippen LogP contribution in [0.2, 0.25) is 0 Å². The summed E-state index contributed by atoms with van der Waals surface area (Å²) >= 11 is 3.31. The minimum atomic E-state index is -0.0796. The molecule has 0 atom stereocenters. The van der Waals surface area contributed by atoms with Crippen molar-refractivity contribution >= 4 is 50.0 Å². The van der Waals surface area contributed by atoms with Gasteiger partial charge >= 0.3 is 0 Å². The highest BCUT2D eigenvalue weighted by atomic mass is 32.2. The Balaban J connectivity index is 1.03. The molecule has 1 fully saturated rings. The van der Waals surface area contributed by atoms with Crippen LogP contribution in [-0.2, 0) is 12.8 Å². The zero-order valence-electron chi connectivity index (χ0n) is 21.2. The molecule has 1 aliphatic heterocycles. The molecule has 1 aromatic carbocycles.